The molecule has 134 valence electrons. The van der Waals surface area contributed by atoms with Crippen LogP contribution in [0.5, 0.6) is 0 Å². The zero-order valence-electron chi connectivity index (χ0n) is 14.5. The minimum atomic E-state index is -0.729. The van der Waals surface area contributed by atoms with Crippen LogP contribution in [-0.4, -0.2) is 30.9 Å². The summed E-state index contributed by atoms with van der Waals surface area (Å²) in [7, 11) is 1.50. The molecule has 0 amide bonds. The minimum Gasteiger partial charge on any atom is -0.386 e. The summed E-state index contributed by atoms with van der Waals surface area (Å²) in [6.45, 7) is 4.00. The molecule has 0 saturated carbocycles. The van der Waals surface area contributed by atoms with E-state index in [9.17, 15) is 19.2 Å². The molecule has 0 atom stereocenters. The monoisotopic (exact) mass is 355 g/mol. The first kappa shape index (κ1) is 19.0. The third kappa shape index (κ3) is 3.00. The number of carbonyl (C=O) groups excluding carboxylic acids is 4. The Labute approximate surface area is 149 Å². The topological polar surface area (TPSA) is 113 Å². The van der Waals surface area contributed by atoms with Crippen LogP contribution in [0, 0.1) is 0 Å². The van der Waals surface area contributed by atoms with Gasteiger partial charge in [-0.05, 0) is 36.4 Å². The second kappa shape index (κ2) is 7.71. The highest BCUT2D eigenvalue weighted by Crippen LogP contribution is 2.33. The van der Waals surface area contributed by atoms with Gasteiger partial charge >= 0.3 is 23.9 Å². The minimum absolute atomic E-state index is 0.137. The number of hydrogen-bond donors (Lipinski definition) is 1. The van der Waals surface area contributed by atoms with Crippen LogP contribution >= 0.6 is 0 Å². The van der Waals surface area contributed by atoms with Gasteiger partial charge in [0.05, 0.1) is 22.3 Å². The Kier molecular flexibility index (Phi) is 5.64. The third-order valence-corrected chi connectivity index (χ3v) is 3.63. The lowest BCUT2D eigenvalue weighted by atomic mass is 9.94. The number of hydrogen-bond acceptors (Lipinski definition) is 7. The predicted octanol–water partition coefficient (Wildman–Crippen LogP) is 2.58. The SMILES string of the molecule is CC.CN.O=C1OC(=O)c2cc(-c3cccc4c3C(=O)OC4=O)ccc21. The molecule has 2 aliphatic heterocycles. The molecule has 0 unspecified atom stereocenters. The van der Waals surface area contributed by atoms with Crippen molar-refractivity contribution in [1.29, 1.82) is 0 Å². The Balaban J connectivity index is 0.000000570. The second-order valence-corrected chi connectivity index (χ2v) is 4.84. The van der Waals surface area contributed by atoms with Crippen LogP contribution in [0.1, 0.15) is 55.3 Å². The highest BCUT2D eigenvalue weighted by atomic mass is 16.6. The maximum atomic E-state index is 11.8. The lowest BCUT2D eigenvalue weighted by Crippen LogP contribution is -1.99. The fourth-order valence-corrected chi connectivity index (χ4v) is 2.63. The Hall–Kier alpha value is -3.32. The van der Waals surface area contributed by atoms with Gasteiger partial charge in [-0.2, -0.15) is 0 Å². The van der Waals surface area contributed by atoms with Crippen molar-refractivity contribution >= 4 is 23.9 Å². The first-order valence-corrected chi connectivity index (χ1v) is 7.94. The molecule has 4 rings (SSSR count). The number of rotatable bonds is 1. The number of carbonyl (C=O) groups is 4. The molecule has 0 aliphatic carbocycles. The van der Waals surface area contributed by atoms with E-state index in [-0.39, 0.29) is 22.3 Å². The van der Waals surface area contributed by atoms with Gasteiger partial charge < -0.3 is 15.2 Å². The molecule has 0 aromatic heterocycles. The van der Waals surface area contributed by atoms with Gasteiger partial charge in [-0.25, -0.2) is 19.2 Å². The lowest BCUT2D eigenvalue weighted by molar-refractivity contribution is 0.0426. The van der Waals surface area contributed by atoms with Crippen LogP contribution in [0.2, 0.25) is 0 Å². The average molecular weight is 355 g/mol. The number of fused-ring (bicyclic) bond motifs is 2. The summed E-state index contributed by atoms with van der Waals surface area (Å²) in [4.78, 5) is 46.5. The van der Waals surface area contributed by atoms with E-state index in [2.05, 4.69) is 15.2 Å². The van der Waals surface area contributed by atoms with Gasteiger partial charge in [0.15, 0.2) is 0 Å². The lowest BCUT2D eigenvalue weighted by Gasteiger charge is -2.06. The van der Waals surface area contributed by atoms with Crippen LogP contribution in [-0.2, 0) is 9.47 Å². The van der Waals surface area contributed by atoms with Crippen LogP contribution in [0.4, 0.5) is 0 Å². The molecular weight excluding hydrogens is 338 g/mol. The maximum Gasteiger partial charge on any atom is 0.347 e. The number of esters is 4. The number of nitrogens with two attached hydrogens (primary N) is 1. The van der Waals surface area contributed by atoms with Gasteiger partial charge in [0.2, 0.25) is 0 Å². The number of ether oxygens (including phenoxy) is 2. The fourth-order valence-electron chi connectivity index (χ4n) is 2.63. The summed E-state index contributed by atoms with van der Waals surface area (Å²) in [5, 5.41) is 0. The molecule has 2 N–H and O–H groups in total. The van der Waals surface area contributed by atoms with Crippen molar-refractivity contribution in [1.82, 2.24) is 0 Å². The van der Waals surface area contributed by atoms with E-state index in [1.807, 2.05) is 13.8 Å². The first-order valence-electron chi connectivity index (χ1n) is 7.94. The van der Waals surface area contributed by atoms with E-state index in [1.54, 1.807) is 18.2 Å². The van der Waals surface area contributed by atoms with Gasteiger partial charge in [-0.3, -0.25) is 0 Å². The molecular formula is C19H17NO6. The standard InChI is InChI=1S/C16H6O6.C2H6.CH5N/c17-13-9-5-4-7(6-11(9)15(19)21-13)8-2-1-3-10-12(8)16(20)22-14(10)18;2*1-2/h1-6H;1-2H3;2H2,1H3. The summed E-state index contributed by atoms with van der Waals surface area (Å²) in [6, 6.07) is 9.27. The normalized spacial score (nSPS) is 13.5. The Morgan fingerprint density at radius 1 is 0.654 bits per heavy atom. The molecule has 7 nitrogen and oxygen atoms in total. The van der Waals surface area contributed by atoms with Crippen LogP contribution < -0.4 is 5.73 Å². The van der Waals surface area contributed by atoms with Crippen LogP contribution in [0.3, 0.4) is 0 Å². The van der Waals surface area contributed by atoms with E-state index in [4.69, 9.17) is 0 Å². The summed E-state index contributed by atoms with van der Waals surface area (Å²) >= 11 is 0. The highest BCUT2D eigenvalue weighted by Gasteiger charge is 2.34. The van der Waals surface area contributed by atoms with Crippen molar-refractivity contribution in [2.75, 3.05) is 7.05 Å². The summed E-state index contributed by atoms with van der Waals surface area (Å²) in [6.07, 6.45) is 0. The molecule has 0 bridgehead atoms. The van der Waals surface area contributed by atoms with Crippen LogP contribution in [0.25, 0.3) is 11.1 Å². The molecule has 0 saturated heterocycles. The van der Waals surface area contributed by atoms with Gasteiger partial charge in [-0.15, -0.1) is 0 Å². The summed E-state index contributed by atoms with van der Waals surface area (Å²) in [5.41, 5.74) is 6.14. The average Bonchev–Trinajstić information content (AvgIpc) is 3.14. The predicted molar refractivity (Wildman–Crippen MR) is 92.8 cm³/mol. The molecule has 2 aromatic rings. The number of cyclic esters (lactones) is 4. The quantitative estimate of drug-likeness (QED) is 0.618. The van der Waals surface area contributed by atoms with E-state index in [0.29, 0.717) is 11.1 Å². The molecule has 2 aliphatic rings. The van der Waals surface area contributed by atoms with Gasteiger partial charge in [-0.1, -0.05) is 32.0 Å². The zero-order chi connectivity index (χ0) is 19.4. The van der Waals surface area contributed by atoms with E-state index in [0.717, 1.165) is 0 Å². The van der Waals surface area contributed by atoms with Crippen molar-refractivity contribution in [3.63, 3.8) is 0 Å². The molecule has 2 heterocycles. The maximum absolute atomic E-state index is 11.8. The first-order chi connectivity index (χ1) is 12.6. The van der Waals surface area contributed by atoms with Crippen molar-refractivity contribution in [2.24, 2.45) is 5.73 Å². The third-order valence-electron chi connectivity index (χ3n) is 3.63. The second-order valence-electron chi connectivity index (χ2n) is 4.84. The molecule has 0 fully saturated rings. The van der Waals surface area contributed by atoms with E-state index in [1.165, 1.54) is 25.2 Å². The summed E-state index contributed by atoms with van der Waals surface area (Å²) < 4.78 is 9.13. The molecule has 2 aromatic carbocycles. The van der Waals surface area contributed by atoms with Crippen molar-refractivity contribution in [3.8, 4) is 11.1 Å². The van der Waals surface area contributed by atoms with Crippen molar-refractivity contribution in [3.05, 3.63) is 58.7 Å². The van der Waals surface area contributed by atoms with Crippen LogP contribution in [0.15, 0.2) is 36.4 Å². The Morgan fingerprint density at radius 2 is 1.19 bits per heavy atom. The molecule has 26 heavy (non-hydrogen) atoms. The summed E-state index contributed by atoms with van der Waals surface area (Å²) in [5.74, 6) is -2.85. The van der Waals surface area contributed by atoms with Gasteiger partial charge in [0.25, 0.3) is 0 Å². The van der Waals surface area contributed by atoms with E-state index >= 15 is 0 Å². The van der Waals surface area contributed by atoms with Gasteiger partial charge in [0.1, 0.15) is 0 Å². The Bertz CT molecular complexity index is 916. The smallest absolute Gasteiger partial charge is 0.347 e. The number of benzene rings is 2. The molecule has 0 radical (unpaired) electrons. The van der Waals surface area contributed by atoms with Crippen molar-refractivity contribution < 1.29 is 28.7 Å². The highest BCUT2D eigenvalue weighted by molar-refractivity contribution is 6.19. The largest absolute Gasteiger partial charge is 0.386 e. The Morgan fingerprint density at radius 3 is 1.88 bits per heavy atom. The molecule has 0 spiro atoms. The fraction of sp³-hybridized carbons (Fsp3) is 0.158. The van der Waals surface area contributed by atoms with Crippen molar-refractivity contribution in [2.45, 2.75) is 13.8 Å². The van der Waals surface area contributed by atoms with E-state index < -0.39 is 23.9 Å². The zero-order valence-corrected chi connectivity index (χ0v) is 14.5. The van der Waals surface area contributed by atoms with Gasteiger partial charge in [0, 0.05) is 0 Å². The molecule has 7 heteroatoms.